The number of amides is 1. The molecule has 2 unspecified atom stereocenters. The Balaban J connectivity index is 2.12. The quantitative estimate of drug-likeness (QED) is 0.843. The Bertz CT molecular complexity index is 726. The van der Waals surface area contributed by atoms with Gasteiger partial charge in [0.15, 0.2) is 9.84 Å². The molecule has 2 N–H and O–H groups in total. The number of hydrogen-bond donors (Lipinski definition) is 2. The van der Waals surface area contributed by atoms with Gasteiger partial charge in [-0.05, 0) is 37.5 Å². The van der Waals surface area contributed by atoms with Crippen molar-refractivity contribution in [2.75, 3.05) is 6.26 Å². The smallest absolute Gasteiger partial charge is 0.308 e. The zero-order chi connectivity index (χ0) is 18.0. The van der Waals surface area contributed by atoms with Crippen LogP contribution in [0.4, 0.5) is 0 Å². The lowest BCUT2D eigenvalue weighted by atomic mass is 9.73. The molecule has 0 saturated heterocycles. The molecule has 0 aromatic heterocycles. The number of rotatable bonds is 5. The Hall–Kier alpha value is -1.89. The molecule has 1 amide bonds. The highest BCUT2D eigenvalue weighted by Crippen LogP contribution is 2.34. The molecule has 24 heavy (non-hydrogen) atoms. The van der Waals surface area contributed by atoms with Gasteiger partial charge in [-0.1, -0.05) is 25.0 Å². The van der Waals surface area contributed by atoms with Crippen molar-refractivity contribution in [1.82, 2.24) is 5.32 Å². The van der Waals surface area contributed by atoms with Crippen molar-refractivity contribution in [3.63, 3.8) is 0 Å². The van der Waals surface area contributed by atoms with Crippen LogP contribution in [-0.2, 0) is 20.4 Å². The molecular weight excluding hydrogens is 330 g/mol. The number of carbonyl (C=O) groups excluding carboxylic acids is 1. The van der Waals surface area contributed by atoms with Gasteiger partial charge >= 0.3 is 5.97 Å². The fourth-order valence-electron chi connectivity index (χ4n) is 3.27. The first kappa shape index (κ1) is 18.4. The van der Waals surface area contributed by atoms with E-state index >= 15 is 0 Å². The SMILES string of the molecule is CC1(NC(=O)c2ccc(CS(C)(=O)=O)cc2)CCCCC1C(=O)O. The summed E-state index contributed by atoms with van der Waals surface area (Å²) in [7, 11) is -3.13. The average Bonchev–Trinajstić information content (AvgIpc) is 2.45. The van der Waals surface area contributed by atoms with Crippen LogP contribution in [0.25, 0.3) is 0 Å². The van der Waals surface area contributed by atoms with Crippen LogP contribution in [0.2, 0.25) is 0 Å². The second kappa shape index (κ2) is 6.93. The lowest BCUT2D eigenvalue weighted by molar-refractivity contribution is -0.145. The molecule has 0 heterocycles. The summed E-state index contributed by atoms with van der Waals surface area (Å²) in [5, 5.41) is 12.3. The topological polar surface area (TPSA) is 101 Å². The summed E-state index contributed by atoms with van der Waals surface area (Å²) in [4.78, 5) is 23.9. The van der Waals surface area contributed by atoms with E-state index in [1.54, 1.807) is 31.2 Å². The van der Waals surface area contributed by atoms with Crippen LogP contribution in [0, 0.1) is 5.92 Å². The third-order valence-electron chi connectivity index (χ3n) is 4.55. The summed E-state index contributed by atoms with van der Waals surface area (Å²) >= 11 is 0. The largest absolute Gasteiger partial charge is 0.481 e. The first-order chi connectivity index (χ1) is 11.1. The highest BCUT2D eigenvalue weighted by Gasteiger charge is 2.42. The Kier molecular flexibility index (Phi) is 5.32. The Morgan fingerprint density at radius 2 is 1.88 bits per heavy atom. The molecule has 6 nitrogen and oxygen atoms in total. The third kappa shape index (κ3) is 4.56. The predicted molar refractivity (Wildman–Crippen MR) is 90.5 cm³/mol. The third-order valence-corrected chi connectivity index (χ3v) is 5.41. The molecule has 1 aromatic rings. The van der Waals surface area contributed by atoms with Gasteiger partial charge in [0.2, 0.25) is 0 Å². The number of aliphatic carboxylic acids is 1. The minimum Gasteiger partial charge on any atom is -0.481 e. The van der Waals surface area contributed by atoms with Crippen LogP contribution < -0.4 is 5.32 Å². The van der Waals surface area contributed by atoms with E-state index in [-0.39, 0.29) is 11.7 Å². The molecule has 7 heteroatoms. The molecule has 0 radical (unpaired) electrons. The lowest BCUT2D eigenvalue weighted by Crippen LogP contribution is -2.55. The van der Waals surface area contributed by atoms with Crippen LogP contribution in [-0.4, -0.2) is 37.2 Å². The maximum atomic E-state index is 12.5. The van der Waals surface area contributed by atoms with Gasteiger partial charge in [0.25, 0.3) is 5.91 Å². The van der Waals surface area contributed by atoms with Gasteiger partial charge < -0.3 is 10.4 Å². The van der Waals surface area contributed by atoms with Crippen LogP contribution in [0.5, 0.6) is 0 Å². The summed E-state index contributed by atoms with van der Waals surface area (Å²) in [6.07, 6.45) is 4.07. The van der Waals surface area contributed by atoms with Crippen molar-refractivity contribution >= 4 is 21.7 Å². The molecule has 2 rings (SSSR count). The molecule has 1 saturated carbocycles. The van der Waals surface area contributed by atoms with Gasteiger partial charge in [0.1, 0.15) is 0 Å². The normalized spacial score (nSPS) is 24.3. The Morgan fingerprint density at radius 3 is 2.42 bits per heavy atom. The average molecular weight is 353 g/mol. The summed E-state index contributed by atoms with van der Waals surface area (Å²) in [5.41, 5.74) is 0.233. The predicted octanol–water partition coefficient (Wildman–Crippen LogP) is 1.99. The van der Waals surface area contributed by atoms with Gasteiger partial charge in [0.05, 0.1) is 17.2 Å². The van der Waals surface area contributed by atoms with Crippen molar-refractivity contribution in [2.45, 2.75) is 43.9 Å². The molecule has 1 aromatic carbocycles. The van der Waals surface area contributed by atoms with Crippen molar-refractivity contribution in [2.24, 2.45) is 5.92 Å². The van der Waals surface area contributed by atoms with Gasteiger partial charge in [0, 0.05) is 11.8 Å². The number of nitrogens with one attached hydrogen (secondary N) is 1. The molecular formula is C17H23NO5S. The standard InChI is InChI=1S/C17H23NO5S/c1-17(10-4-3-5-14(17)16(20)21)18-15(19)13-8-6-12(7-9-13)11-24(2,22)23/h6-9,14H,3-5,10-11H2,1-2H3,(H,18,19)(H,20,21). The molecule has 1 aliphatic rings. The van der Waals surface area contributed by atoms with Gasteiger partial charge in [-0.3, -0.25) is 9.59 Å². The maximum Gasteiger partial charge on any atom is 0.308 e. The molecule has 1 fully saturated rings. The van der Waals surface area contributed by atoms with Crippen LogP contribution in [0.3, 0.4) is 0 Å². The first-order valence-electron chi connectivity index (χ1n) is 7.93. The second-order valence-electron chi connectivity index (χ2n) is 6.78. The summed E-state index contributed by atoms with van der Waals surface area (Å²) < 4.78 is 22.6. The highest BCUT2D eigenvalue weighted by molar-refractivity contribution is 7.89. The summed E-state index contributed by atoms with van der Waals surface area (Å²) in [6, 6.07) is 6.34. The molecule has 132 valence electrons. The van der Waals surface area contributed by atoms with Gasteiger partial charge in [-0.2, -0.15) is 0 Å². The summed E-state index contributed by atoms with van der Waals surface area (Å²) in [6.45, 7) is 1.78. The maximum absolute atomic E-state index is 12.5. The monoisotopic (exact) mass is 353 g/mol. The van der Waals surface area contributed by atoms with Gasteiger partial charge in [-0.15, -0.1) is 0 Å². The lowest BCUT2D eigenvalue weighted by Gasteiger charge is -2.39. The van der Waals surface area contributed by atoms with E-state index in [1.807, 2.05) is 0 Å². The van der Waals surface area contributed by atoms with Crippen molar-refractivity contribution in [1.29, 1.82) is 0 Å². The van der Waals surface area contributed by atoms with E-state index in [2.05, 4.69) is 5.32 Å². The molecule has 0 aliphatic heterocycles. The number of sulfone groups is 1. The van der Waals surface area contributed by atoms with E-state index in [0.29, 0.717) is 24.0 Å². The van der Waals surface area contributed by atoms with E-state index < -0.39 is 27.3 Å². The number of carbonyl (C=O) groups is 2. The van der Waals surface area contributed by atoms with Crippen LogP contribution in [0.1, 0.15) is 48.5 Å². The fraction of sp³-hybridized carbons (Fsp3) is 0.529. The molecule has 0 spiro atoms. The first-order valence-corrected chi connectivity index (χ1v) is 9.99. The Labute approximate surface area is 142 Å². The zero-order valence-electron chi connectivity index (χ0n) is 13.9. The molecule has 2 atom stereocenters. The Morgan fingerprint density at radius 1 is 1.25 bits per heavy atom. The zero-order valence-corrected chi connectivity index (χ0v) is 14.7. The number of carboxylic acids is 1. The fourth-order valence-corrected chi connectivity index (χ4v) is 4.06. The van der Waals surface area contributed by atoms with Crippen LogP contribution >= 0.6 is 0 Å². The van der Waals surface area contributed by atoms with Gasteiger partial charge in [-0.25, -0.2) is 8.42 Å². The van der Waals surface area contributed by atoms with Crippen molar-refractivity contribution < 1.29 is 23.1 Å². The minimum atomic E-state index is -3.13. The van der Waals surface area contributed by atoms with Crippen LogP contribution in [0.15, 0.2) is 24.3 Å². The highest BCUT2D eigenvalue weighted by atomic mass is 32.2. The van der Waals surface area contributed by atoms with Crippen molar-refractivity contribution in [3.05, 3.63) is 35.4 Å². The van der Waals surface area contributed by atoms with E-state index in [4.69, 9.17) is 0 Å². The summed E-state index contributed by atoms with van der Waals surface area (Å²) in [5.74, 6) is -1.90. The second-order valence-corrected chi connectivity index (χ2v) is 8.92. The van der Waals surface area contributed by atoms with E-state index in [0.717, 1.165) is 19.1 Å². The minimum absolute atomic E-state index is 0.0757. The molecule has 1 aliphatic carbocycles. The van der Waals surface area contributed by atoms with Crippen molar-refractivity contribution in [3.8, 4) is 0 Å². The number of benzene rings is 1. The number of carboxylic acid groups (broad SMARTS) is 1. The van der Waals surface area contributed by atoms with E-state index in [1.165, 1.54) is 0 Å². The van der Waals surface area contributed by atoms with E-state index in [9.17, 15) is 23.1 Å². The number of hydrogen-bond acceptors (Lipinski definition) is 4. The molecule has 0 bridgehead atoms.